The normalized spacial score (nSPS) is 18.1. The van der Waals surface area contributed by atoms with E-state index in [0.717, 1.165) is 25.2 Å². The molecule has 82 valence electrons. The van der Waals surface area contributed by atoms with Gasteiger partial charge in [0.05, 0.1) is 6.10 Å². The first-order valence-corrected chi connectivity index (χ1v) is 5.67. The van der Waals surface area contributed by atoms with Crippen LogP contribution in [0.4, 0.5) is 0 Å². The number of β-amino-alcohol motifs (C(OH)–C–C–N with tert-alkyl or cyclic N) is 1. The van der Waals surface area contributed by atoms with Gasteiger partial charge in [-0.25, -0.2) is 0 Å². The lowest BCUT2D eigenvalue weighted by molar-refractivity contribution is 0.156. The van der Waals surface area contributed by atoms with E-state index in [1.807, 2.05) is 12.1 Å². The molecule has 0 aliphatic carbocycles. The molecule has 1 aromatic rings. The van der Waals surface area contributed by atoms with Crippen molar-refractivity contribution in [3.63, 3.8) is 0 Å². The van der Waals surface area contributed by atoms with Gasteiger partial charge in [-0.15, -0.1) is 0 Å². The van der Waals surface area contributed by atoms with Crippen LogP contribution >= 0.6 is 0 Å². The maximum Gasteiger partial charge on any atom is 0.0916 e. The highest BCUT2D eigenvalue weighted by atomic mass is 16.3. The molecule has 2 heteroatoms. The smallest absolute Gasteiger partial charge is 0.0916 e. The van der Waals surface area contributed by atoms with E-state index in [9.17, 15) is 5.11 Å². The maximum absolute atomic E-state index is 9.92. The predicted octanol–water partition coefficient (Wildman–Crippen LogP) is 2.16. The van der Waals surface area contributed by atoms with Crippen molar-refractivity contribution in [1.29, 1.82) is 0 Å². The second kappa shape index (κ2) is 4.33. The lowest BCUT2D eigenvalue weighted by atomic mass is 10.00. The van der Waals surface area contributed by atoms with Gasteiger partial charge in [-0.2, -0.15) is 0 Å². The molecule has 1 atom stereocenters. The van der Waals surface area contributed by atoms with Crippen molar-refractivity contribution >= 4 is 0 Å². The van der Waals surface area contributed by atoms with Gasteiger partial charge < -0.3 is 5.11 Å². The molecule has 0 aromatic heterocycles. The molecule has 2 nitrogen and oxygen atoms in total. The van der Waals surface area contributed by atoms with Crippen molar-refractivity contribution < 1.29 is 5.11 Å². The second-order valence-corrected chi connectivity index (χ2v) is 4.64. The van der Waals surface area contributed by atoms with Crippen LogP contribution in [0.3, 0.4) is 0 Å². The van der Waals surface area contributed by atoms with E-state index in [1.54, 1.807) is 0 Å². The Morgan fingerprint density at radius 3 is 2.13 bits per heavy atom. The molecule has 0 radical (unpaired) electrons. The van der Waals surface area contributed by atoms with Crippen LogP contribution in [0.5, 0.6) is 0 Å². The molecule has 0 saturated carbocycles. The first-order valence-electron chi connectivity index (χ1n) is 5.67. The molecule has 1 heterocycles. The standard InChI is InChI=1S/C13H19NO/c1-10(2)11-3-5-12(6-4-11)13(15)9-14-7-8-14/h3-6,10,13,15H,7-9H2,1-2H3. The zero-order valence-corrected chi connectivity index (χ0v) is 9.48. The van der Waals surface area contributed by atoms with Gasteiger partial charge in [0.25, 0.3) is 0 Å². The Balaban J connectivity index is 2.01. The molecule has 15 heavy (non-hydrogen) atoms. The van der Waals surface area contributed by atoms with Crippen molar-refractivity contribution in [2.45, 2.75) is 25.9 Å². The van der Waals surface area contributed by atoms with Crippen LogP contribution in [-0.2, 0) is 0 Å². The molecule has 1 aromatic carbocycles. The minimum Gasteiger partial charge on any atom is -0.387 e. The number of hydrogen-bond acceptors (Lipinski definition) is 2. The van der Waals surface area contributed by atoms with Gasteiger partial charge >= 0.3 is 0 Å². The van der Waals surface area contributed by atoms with Crippen LogP contribution in [0.2, 0.25) is 0 Å². The Kier molecular flexibility index (Phi) is 3.08. The maximum atomic E-state index is 9.92. The summed E-state index contributed by atoms with van der Waals surface area (Å²) in [6.07, 6.45) is -0.325. The molecule has 2 rings (SSSR count). The molecular formula is C13H19NO. The third kappa shape index (κ3) is 2.80. The van der Waals surface area contributed by atoms with Gasteiger partial charge in [0.15, 0.2) is 0 Å². The van der Waals surface area contributed by atoms with Crippen LogP contribution < -0.4 is 0 Å². The Hall–Kier alpha value is -0.860. The fourth-order valence-electron chi connectivity index (χ4n) is 1.71. The fourth-order valence-corrected chi connectivity index (χ4v) is 1.71. The molecule has 0 bridgehead atoms. The van der Waals surface area contributed by atoms with Crippen LogP contribution in [0.25, 0.3) is 0 Å². The molecule has 1 aliphatic rings. The largest absolute Gasteiger partial charge is 0.387 e. The second-order valence-electron chi connectivity index (χ2n) is 4.64. The zero-order chi connectivity index (χ0) is 10.8. The minimum absolute atomic E-state index is 0.325. The monoisotopic (exact) mass is 205 g/mol. The molecule has 1 aliphatic heterocycles. The summed E-state index contributed by atoms with van der Waals surface area (Å²) in [5.41, 5.74) is 2.36. The fraction of sp³-hybridized carbons (Fsp3) is 0.538. The summed E-state index contributed by atoms with van der Waals surface area (Å²) >= 11 is 0. The van der Waals surface area contributed by atoms with E-state index in [0.29, 0.717) is 5.92 Å². The molecule has 0 spiro atoms. The van der Waals surface area contributed by atoms with Gasteiger partial charge in [0.2, 0.25) is 0 Å². The van der Waals surface area contributed by atoms with Crippen LogP contribution in [0.1, 0.15) is 37.0 Å². The molecule has 1 N–H and O–H groups in total. The van der Waals surface area contributed by atoms with Gasteiger partial charge in [-0.3, -0.25) is 4.90 Å². The van der Waals surface area contributed by atoms with Gasteiger partial charge in [0, 0.05) is 19.6 Å². The number of rotatable bonds is 4. The number of aliphatic hydroxyl groups is 1. The average molecular weight is 205 g/mol. The highest BCUT2D eigenvalue weighted by Crippen LogP contribution is 2.20. The van der Waals surface area contributed by atoms with Crippen molar-refractivity contribution in [3.05, 3.63) is 35.4 Å². The molecule has 1 fully saturated rings. The molecule has 1 unspecified atom stereocenters. The molecule has 0 amide bonds. The highest BCUT2D eigenvalue weighted by Gasteiger charge is 2.21. The van der Waals surface area contributed by atoms with E-state index in [2.05, 4.69) is 30.9 Å². The van der Waals surface area contributed by atoms with Crippen LogP contribution in [0.15, 0.2) is 24.3 Å². The first kappa shape index (κ1) is 10.7. The minimum atomic E-state index is -0.325. The van der Waals surface area contributed by atoms with E-state index in [4.69, 9.17) is 0 Å². The van der Waals surface area contributed by atoms with Gasteiger partial charge in [-0.05, 0) is 17.0 Å². The SMILES string of the molecule is CC(C)c1ccc(C(O)CN2CC2)cc1. The summed E-state index contributed by atoms with van der Waals surface area (Å²) in [7, 11) is 0. The third-order valence-electron chi connectivity index (χ3n) is 2.96. The topological polar surface area (TPSA) is 23.2 Å². The highest BCUT2D eigenvalue weighted by molar-refractivity contribution is 5.26. The average Bonchev–Trinajstić information content (AvgIpc) is 3.02. The summed E-state index contributed by atoms with van der Waals surface area (Å²) in [4.78, 5) is 2.24. The van der Waals surface area contributed by atoms with E-state index in [1.165, 1.54) is 5.56 Å². The Morgan fingerprint density at radius 1 is 1.13 bits per heavy atom. The number of nitrogens with zero attached hydrogens (tertiary/aromatic N) is 1. The summed E-state index contributed by atoms with van der Waals surface area (Å²) < 4.78 is 0. The Morgan fingerprint density at radius 2 is 1.67 bits per heavy atom. The van der Waals surface area contributed by atoms with Crippen LogP contribution in [0, 0.1) is 0 Å². The van der Waals surface area contributed by atoms with E-state index >= 15 is 0 Å². The van der Waals surface area contributed by atoms with Crippen molar-refractivity contribution in [3.8, 4) is 0 Å². The van der Waals surface area contributed by atoms with Crippen LogP contribution in [-0.4, -0.2) is 29.6 Å². The van der Waals surface area contributed by atoms with Gasteiger partial charge in [0.1, 0.15) is 0 Å². The Labute approximate surface area is 91.5 Å². The lowest BCUT2D eigenvalue weighted by Crippen LogP contribution is -2.11. The van der Waals surface area contributed by atoms with Crippen molar-refractivity contribution in [2.24, 2.45) is 0 Å². The van der Waals surface area contributed by atoms with E-state index in [-0.39, 0.29) is 6.10 Å². The number of aliphatic hydroxyl groups excluding tert-OH is 1. The lowest BCUT2D eigenvalue weighted by Gasteiger charge is -2.12. The van der Waals surface area contributed by atoms with Crippen molar-refractivity contribution in [1.82, 2.24) is 4.90 Å². The Bertz CT molecular complexity index is 314. The number of benzene rings is 1. The first-order chi connectivity index (χ1) is 7.16. The summed E-state index contributed by atoms with van der Waals surface area (Å²) in [5, 5.41) is 9.92. The van der Waals surface area contributed by atoms with Gasteiger partial charge in [-0.1, -0.05) is 38.1 Å². The van der Waals surface area contributed by atoms with Crippen molar-refractivity contribution in [2.75, 3.05) is 19.6 Å². The third-order valence-corrected chi connectivity index (χ3v) is 2.96. The van der Waals surface area contributed by atoms with E-state index < -0.39 is 0 Å². The molecular weight excluding hydrogens is 186 g/mol. The summed E-state index contributed by atoms with van der Waals surface area (Å²) in [5.74, 6) is 0.559. The molecule has 1 saturated heterocycles. The quantitative estimate of drug-likeness (QED) is 0.761. The predicted molar refractivity (Wildman–Crippen MR) is 61.9 cm³/mol. The summed E-state index contributed by atoms with van der Waals surface area (Å²) in [6.45, 7) is 7.42. The number of hydrogen-bond donors (Lipinski definition) is 1. The summed E-state index contributed by atoms with van der Waals surface area (Å²) in [6, 6.07) is 8.32. The zero-order valence-electron chi connectivity index (χ0n) is 9.48.